The van der Waals surface area contributed by atoms with E-state index in [0.29, 0.717) is 0 Å². The van der Waals surface area contributed by atoms with Gasteiger partial charge in [0.25, 0.3) is 0 Å². The molecule has 0 bridgehead atoms. The second-order valence-electron chi connectivity index (χ2n) is 3.92. The van der Waals surface area contributed by atoms with Crippen molar-refractivity contribution in [3.63, 3.8) is 0 Å². The first kappa shape index (κ1) is 8.80. The Kier molecular flexibility index (Phi) is 2.39. The fourth-order valence-corrected chi connectivity index (χ4v) is 1.89. The molecule has 1 fully saturated rings. The van der Waals surface area contributed by atoms with Crippen molar-refractivity contribution >= 4 is 0 Å². The zero-order valence-electron chi connectivity index (χ0n) is 8.56. The standard InChI is InChI=1S/C13H17/c1-3-10-5-8-13(12-6-7-12)9-11(10)4-2/h8-9,12H,3-4,6-7H2,1-2H3. The van der Waals surface area contributed by atoms with Crippen LogP contribution in [0.25, 0.3) is 0 Å². The Bertz CT molecular complexity index is 295. The average Bonchev–Trinajstić information content (AvgIpc) is 3.00. The molecule has 0 heterocycles. The van der Waals surface area contributed by atoms with Gasteiger partial charge in [-0.05, 0) is 54.4 Å². The monoisotopic (exact) mass is 173 g/mol. The Hall–Kier alpha value is -0.780. The minimum absolute atomic E-state index is 0.868. The zero-order chi connectivity index (χ0) is 9.26. The Morgan fingerprint density at radius 3 is 2.62 bits per heavy atom. The molecule has 0 aliphatic heterocycles. The molecule has 1 aromatic carbocycles. The predicted octanol–water partition coefficient (Wildman–Crippen LogP) is 3.49. The van der Waals surface area contributed by atoms with Crippen LogP contribution in [0.4, 0.5) is 0 Å². The summed E-state index contributed by atoms with van der Waals surface area (Å²) >= 11 is 0. The van der Waals surface area contributed by atoms with E-state index in [1.54, 1.807) is 0 Å². The molecule has 2 rings (SSSR count). The fraction of sp³-hybridized carbons (Fsp3) is 0.538. The summed E-state index contributed by atoms with van der Waals surface area (Å²) in [6.45, 7) is 4.45. The second-order valence-corrected chi connectivity index (χ2v) is 3.92. The minimum atomic E-state index is 0.868. The minimum Gasteiger partial charge on any atom is -0.0613 e. The van der Waals surface area contributed by atoms with E-state index in [1.165, 1.54) is 29.5 Å². The fourth-order valence-electron chi connectivity index (χ4n) is 1.89. The van der Waals surface area contributed by atoms with Crippen LogP contribution in [0.3, 0.4) is 0 Å². The van der Waals surface area contributed by atoms with Crippen LogP contribution in [0.15, 0.2) is 12.1 Å². The van der Waals surface area contributed by atoms with Gasteiger partial charge in [0.2, 0.25) is 0 Å². The van der Waals surface area contributed by atoms with Gasteiger partial charge in [-0.3, -0.25) is 0 Å². The van der Waals surface area contributed by atoms with Gasteiger partial charge in [0.05, 0.1) is 0 Å². The first-order valence-corrected chi connectivity index (χ1v) is 5.38. The molecule has 0 heteroatoms. The molecule has 1 radical (unpaired) electrons. The third-order valence-electron chi connectivity index (χ3n) is 2.92. The van der Waals surface area contributed by atoms with Gasteiger partial charge in [-0.2, -0.15) is 0 Å². The molecule has 0 atom stereocenters. The van der Waals surface area contributed by atoms with E-state index in [9.17, 15) is 0 Å². The summed E-state index contributed by atoms with van der Waals surface area (Å²) in [4.78, 5) is 0. The largest absolute Gasteiger partial charge is 0.0613 e. The quantitative estimate of drug-likeness (QED) is 0.656. The zero-order valence-corrected chi connectivity index (χ0v) is 8.56. The summed E-state index contributed by atoms with van der Waals surface area (Å²) in [5.74, 6) is 0.868. The molecular formula is C13H17. The first-order valence-electron chi connectivity index (χ1n) is 5.38. The molecule has 0 aromatic heterocycles. The molecule has 0 amide bonds. The van der Waals surface area contributed by atoms with E-state index in [2.05, 4.69) is 32.0 Å². The van der Waals surface area contributed by atoms with Gasteiger partial charge >= 0.3 is 0 Å². The maximum absolute atomic E-state index is 3.43. The molecule has 1 saturated carbocycles. The van der Waals surface area contributed by atoms with Crippen molar-refractivity contribution < 1.29 is 0 Å². The average molecular weight is 173 g/mol. The van der Waals surface area contributed by atoms with Crippen molar-refractivity contribution in [3.8, 4) is 0 Å². The summed E-state index contributed by atoms with van der Waals surface area (Å²) in [6, 6.07) is 8.03. The normalized spacial score (nSPS) is 16.2. The predicted molar refractivity (Wildman–Crippen MR) is 56.0 cm³/mol. The molecule has 0 spiro atoms. The van der Waals surface area contributed by atoms with Crippen LogP contribution in [0.1, 0.15) is 49.3 Å². The van der Waals surface area contributed by atoms with E-state index in [1.807, 2.05) is 0 Å². The van der Waals surface area contributed by atoms with Gasteiger partial charge in [-0.1, -0.05) is 26.0 Å². The molecule has 1 aliphatic carbocycles. The third-order valence-corrected chi connectivity index (χ3v) is 2.92. The summed E-state index contributed by atoms with van der Waals surface area (Å²) in [6.07, 6.45) is 5.05. The van der Waals surface area contributed by atoms with Crippen LogP contribution in [-0.4, -0.2) is 0 Å². The second kappa shape index (κ2) is 3.53. The lowest BCUT2D eigenvalue weighted by Crippen LogP contribution is -1.93. The molecule has 69 valence electrons. The molecule has 0 N–H and O–H groups in total. The number of aryl methyl sites for hydroxylation is 2. The van der Waals surface area contributed by atoms with Gasteiger partial charge in [-0.25, -0.2) is 0 Å². The number of rotatable bonds is 3. The molecule has 0 saturated heterocycles. The van der Waals surface area contributed by atoms with Crippen molar-refractivity contribution in [2.45, 2.75) is 45.4 Å². The highest BCUT2D eigenvalue weighted by Crippen LogP contribution is 2.40. The first-order chi connectivity index (χ1) is 6.35. The van der Waals surface area contributed by atoms with Crippen LogP contribution in [0.2, 0.25) is 0 Å². The van der Waals surface area contributed by atoms with Gasteiger partial charge < -0.3 is 0 Å². The van der Waals surface area contributed by atoms with Crippen molar-refractivity contribution in [3.05, 3.63) is 34.9 Å². The SMILES string of the molecule is CCc1[c]cc(C2CC2)cc1CC. The number of hydrogen-bond donors (Lipinski definition) is 0. The Morgan fingerprint density at radius 1 is 1.31 bits per heavy atom. The van der Waals surface area contributed by atoms with Crippen molar-refractivity contribution in [1.29, 1.82) is 0 Å². The molecule has 1 aliphatic rings. The van der Waals surface area contributed by atoms with Crippen molar-refractivity contribution in [1.82, 2.24) is 0 Å². The van der Waals surface area contributed by atoms with Crippen LogP contribution in [-0.2, 0) is 12.8 Å². The maximum Gasteiger partial charge on any atom is -0.0143 e. The highest BCUT2D eigenvalue weighted by atomic mass is 14.3. The summed E-state index contributed by atoms with van der Waals surface area (Å²) in [5.41, 5.74) is 4.44. The van der Waals surface area contributed by atoms with Crippen LogP contribution in [0, 0.1) is 6.07 Å². The van der Waals surface area contributed by atoms with Crippen molar-refractivity contribution in [2.24, 2.45) is 0 Å². The van der Waals surface area contributed by atoms with E-state index >= 15 is 0 Å². The van der Waals surface area contributed by atoms with E-state index in [4.69, 9.17) is 0 Å². The molecule has 0 unspecified atom stereocenters. The molecule has 0 nitrogen and oxygen atoms in total. The lowest BCUT2D eigenvalue weighted by molar-refractivity contribution is 1.01. The van der Waals surface area contributed by atoms with E-state index < -0.39 is 0 Å². The number of benzene rings is 1. The molecule has 1 aromatic rings. The smallest absolute Gasteiger partial charge is 0.0143 e. The van der Waals surface area contributed by atoms with Gasteiger partial charge in [-0.15, -0.1) is 0 Å². The summed E-state index contributed by atoms with van der Waals surface area (Å²) in [7, 11) is 0. The van der Waals surface area contributed by atoms with Gasteiger partial charge in [0.1, 0.15) is 0 Å². The Morgan fingerprint density at radius 2 is 2.08 bits per heavy atom. The molecular weight excluding hydrogens is 156 g/mol. The van der Waals surface area contributed by atoms with Gasteiger partial charge in [0.15, 0.2) is 0 Å². The van der Waals surface area contributed by atoms with E-state index in [0.717, 1.165) is 18.8 Å². The Balaban J connectivity index is 2.31. The van der Waals surface area contributed by atoms with Gasteiger partial charge in [0, 0.05) is 0 Å². The lowest BCUT2D eigenvalue weighted by Gasteiger charge is -2.07. The lowest BCUT2D eigenvalue weighted by atomic mass is 9.98. The summed E-state index contributed by atoms with van der Waals surface area (Å²) < 4.78 is 0. The highest BCUT2D eigenvalue weighted by molar-refractivity contribution is 5.34. The molecule has 13 heavy (non-hydrogen) atoms. The van der Waals surface area contributed by atoms with Crippen LogP contribution >= 0.6 is 0 Å². The summed E-state index contributed by atoms with van der Waals surface area (Å²) in [5, 5.41) is 0. The van der Waals surface area contributed by atoms with Crippen LogP contribution in [0.5, 0.6) is 0 Å². The van der Waals surface area contributed by atoms with E-state index in [-0.39, 0.29) is 0 Å². The Labute approximate surface area is 81.0 Å². The number of hydrogen-bond acceptors (Lipinski definition) is 0. The van der Waals surface area contributed by atoms with Crippen LogP contribution < -0.4 is 0 Å². The van der Waals surface area contributed by atoms with Crippen molar-refractivity contribution in [2.75, 3.05) is 0 Å². The maximum atomic E-state index is 3.43. The topological polar surface area (TPSA) is 0 Å². The third kappa shape index (κ3) is 1.77. The highest BCUT2D eigenvalue weighted by Gasteiger charge is 2.23.